The Morgan fingerprint density at radius 1 is 1.23 bits per heavy atom. The predicted molar refractivity (Wildman–Crippen MR) is 77.0 cm³/mol. The molecule has 0 aliphatic rings. The molecule has 0 fully saturated rings. The number of carbonyl (C=O) groups is 1. The summed E-state index contributed by atoms with van der Waals surface area (Å²) < 4.78 is 29.2. The monoisotopic (exact) mass is 324 g/mol. The van der Waals surface area contributed by atoms with Crippen molar-refractivity contribution in [3.63, 3.8) is 0 Å². The number of carbonyl (C=O) groups excluding carboxylic acids is 1. The molecule has 1 N–H and O–H groups in total. The molecule has 8 nitrogen and oxygen atoms in total. The third-order valence-electron chi connectivity index (χ3n) is 2.69. The number of amides is 1. The van der Waals surface area contributed by atoms with Gasteiger partial charge in [-0.25, -0.2) is 8.42 Å². The van der Waals surface area contributed by atoms with Crippen molar-refractivity contribution in [2.75, 3.05) is 5.32 Å². The Hall–Kier alpha value is -2.68. The lowest BCUT2D eigenvalue weighted by Gasteiger charge is -2.05. The van der Waals surface area contributed by atoms with Gasteiger partial charge in [-0.2, -0.15) is 0 Å². The first kappa shape index (κ1) is 15.7. The van der Waals surface area contributed by atoms with Gasteiger partial charge in [-0.05, 0) is 30.3 Å². The van der Waals surface area contributed by atoms with Gasteiger partial charge in [0.05, 0.1) is 11.0 Å². The van der Waals surface area contributed by atoms with Gasteiger partial charge in [-0.15, -0.1) is 0 Å². The maximum Gasteiger partial charge on any atom is 0.433 e. The summed E-state index contributed by atoms with van der Waals surface area (Å²) in [6.07, 6.45) is 0. The Morgan fingerprint density at radius 2 is 1.86 bits per heavy atom. The van der Waals surface area contributed by atoms with Crippen LogP contribution in [0.2, 0.25) is 0 Å². The number of anilines is 1. The van der Waals surface area contributed by atoms with Crippen LogP contribution in [-0.2, 0) is 20.4 Å². The summed E-state index contributed by atoms with van der Waals surface area (Å²) in [6, 6.07) is 7.96. The van der Waals surface area contributed by atoms with Gasteiger partial charge in [-0.3, -0.25) is 14.9 Å². The molecule has 0 aliphatic carbocycles. The van der Waals surface area contributed by atoms with Crippen molar-refractivity contribution < 1.29 is 22.6 Å². The van der Waals surface area contributed by atoms with Gasteiger partial charge in [0.1, 0.15) is 16.4 Å². The van der Waals surface area contributed by atoms with Crippen LogP contribution in [-0.4, -0.2) is 19.2 Å². The van der Waals surface area contributed by atoms with E-state index in [0.29, 0.717) is 5.69 Å². The largest absolute Gasteiger partial charge is 0.433 e. The Morgan fingerprint density at radius 3 is 2.36 bits per heavy atom. The molecule has 0 spiro atoms. The average molecular weight is 324 g/mol. The van der Waals surface area contributed by atoms with E-state index >= 15 is 0 Å². The SMILES string of the molecule is CC(=O)Nc1ccc(S(=O)(=O)Cc2ccc([N+](=O)[O-])o2)cc1. The molecular formula is C13H12N2O6S. The number of hydrogen-bond donors (Lipinski definition) is 1. The first-order valence-electron chi connectivity index (χ1n) is 6.11. The highest BCUT2D eigenvalue weighted by Crippen LogP contribution is 2.22. The summed E-state index contributed by atoms with van der Waals surface area (Å²) in [6.45, 7) is 1.34. The van der Waals surface area contributed by atoms with Crippen molar-refractivity contribution >= 4 is 27.3 Å². The molecule has 116 valence electrons. The highest BCUT2D eigenvalue weighted by molar-refractivity contribution is 7.90. The zero-order chi connectivity index (χ0) is 16.3. The molecule has 2 rings (SSSR count). The van der Waals surface area contributed by atoms with E-state index in [1.165, 1.54) is 37.3 Å². The van der Waals surface area contributed by atoms with Crippen LogP contribution < -0.4 is 5.32 Å². The lowest BCUT2D eigenvalue weighted by Crippen LogP contribution is -2.07. The van der Waals surface area contributed by atoms with Crippen LogP contribution >= 0.6 is 0 Å². The molecule has 1 amide bonds. The van der Waals surface area contributed by atoms with Crippen molar-refractivity contribution in [2.45, 2.75) is 17.6 Å². The second-order valence-corrected chi connectivity index (χ2v) is 6.45. The van der Waals surface area contributed by atoms with Gasteiger partial charge in [-0.1, -0.05) is 0 Å². The average Bonchev–Trinajstić information content (AvgIpc) is 2.86. The first-order valence-corrected chi connectivity index (χ1v) is 7.77. The molecule has 0 atom stereocenters. The smallest absolute Gasteiger partial charge is 0.405 e. The summed E-state index contributed by atoms with van der Waals surface area (Å²) in [5.41, 5.74) is 0.472. The van der Waals surface area contributed by atoms with Crippen LogP contribution in [0.1, 0.15) is 12.7 Å². The maximum absolute atomic E-state index is 12.2. The van der Waals surface area contributed by atoms with E-state index in [0.717, 1.165) is 6.07 Å². The minimum Gasteiger partial charge on any atom is -0.405 e. The van der Waals surface area contributed by atoms with Crippen LogP contribution in [0.25, 0.3) is 0 Å². The van der Waals surface area contributed by atoms with Gasteiger partial charge in [0, 0.05) is 12.6 Å². The van der Waals surface area contributed by atoms with Crippen LogP contribution in [0.5, 0.6) is 0 Å². The second-order valence-electron chi connectivity index (χ2n) is 4.46. The van der Waals surface area contributed by atoms with E-state index in [4.69, 9.17) is 4.42 Å². The molecule has 1 aromatic heterocycles. The number of hydrogen-bond acceptors (Lipinski definition) is 6. The topological polar surface area (TPSA) is 120 Å². The minimum atomic E-state index is -3.70. The highest BCUT2D eigenvalue weighted by atomic mass is 32.2. The number of nitro groups is 1. The molecule has 0 saturated carbocycles. The van der Waals surface area contributed by atoms with E-state index in [1.54, 1.807) is 0 Å². The fourth-order valence-corrected chi connectivity index (χ4v) is 3.01. The zero-order valence-electron chi connectivity index (χ0n) is 11.5. The molecule has 1 heterocycles. The maximum atomic E-state index is 12.2. The minimum absolute atomic E-state index is 0.0161. The Labute approximate surface area is 125 Å². The fourth-order valence-electron chi connectivity index (χ4n) is 1.76. The molecule has 1 aromatic carbocycles. The number of benzene rings is 1. The third-order valence-corrected chi connectivity index (χ3v) is 4.35. The number of nitrogens with one attached hydrogen (secondary N) is 1. The summed E-state index contributed by atoms with van der Waals surface area (Å²) in [4.78, 5) is 20.7. The van der Waals surface area contributed by atoms with E-state index in [-0.39, 0.29) is 16.6 Å². The van der Waals surface area contributed by atoms with E-state index in [1.807, 2.05) is 0 Å². The Kier molecular flexibility index (Phi) is 4.27. The number of rotatable bonds is 5. The molecule has 0 radical (unpaired) electrons. The quantitative estimate of drug-likeness (QED) is 0.664. The highest BCUT2D eigenvalue weighted by Gasteiger charge is 2.20. The van der Waals surface area contributed by atoms with Gasteiger partial charge in [0.25, 0.3) is 0 Å². The van der Waals surface area contributed by atoms with Crippen LogP contribution in [0.15, 0.2) is 45.7 Å². The molecular weight excluding hydrogens is 312 g/mol. The van der Waals surface area contributed by atoms with Crippen molar-refractivity contribution in [1.29, 1.82) is 0 Å². The molecule has 22 heavy (non-hydrogen) atoms. The summed E-state index contributed by atoms with van der Waals surface area (Å²) in [5.74, 6) is -1.28. The van der Waals surface area contributed by atoms with Crippen molar-refractivity contribution in [3.05, 3.63) is 52.3 Å². The van der Waals surface area contributed by atoms with E-state index in [2.05, 4.69) is 5.32 Å². The number of furan rings is 1. The van der Waals surface area contributed by atoms with Crippen LogP contribution in [0, 0.1) is 10.1 Å². The molecule has 2 aromatic rings. The summed E-state index contributed by atoms with van der Waals surface area (Å²) in [5, 5.41) is 13.0. The number of nitrogens with zero attached hydrogens (tertiary/aromatic N) is 1. The second kappa shape index (κ2) is 5.98. The molecule has 0 saturated heterocycles. The predicted octanol–water partition coefficient (Wildman–Crippen LogP) is 2.12. The third kappa shape index (κ3) is 3.70. The van der Waals surface area contributed by atoms with Gasteiger partial charge >= 0.3 is 5.88 Å². The van der Waals surface area contributed by atoms with E-state index in [9.17, 15) is 23.3 Å². The van der Waals surface area contributed by atoms with Crippen LogP contribution in [0.3, 0.4) is 0 Å². The van der Waals surface area contributed by atoms with E-state index < -0.39 is 26.4 Å². The van der Waals surface area contributed by atoms with Crippen molar-refractivity contribution in [3.8, 4) is 0 Å². The van der Waals surface area contributed by atoms with Gasteiger partial charge in [0.15, 0.2) is 9.84 Å². The molecule has 0 aliphatic heterocycles. The first-order chi connectivity index (χ1) is 10.3. The molecule has 9 heteroatoms. The zero-order valence-corrected chi connectivity index (χ0v) is 12.3. The summed E-state index contributed by atoms with van der Waals surface area (Å²) in [7, 11) is -3.70. The molecule has 0 bridgehead atoms. The lowest BCUT2D eigenvalue weighted by atomic mass is 10.3. The van der Waals surface area contributed by atoms with Gasteiger partial charge in [0.2, 0.25) is 5.91 Å². The van der Waals surface area contributed by atoms with Gasteiger partial charge < -0.3 is 9.73 Å². The van der Waals surface area contributed by atoms with Crippen molar-refractivity contribution in [2.24, 2.45) is 0 Å². The van der Waals surface area contributed by atoms with Crippen LogP contribution in [0.4, 0.5) is 11.6 Å². The lowest BCUT2D eigenvalue weighted by molar-refractivity contribution is -0.402. The normalized spacial score (nSPS) is 11.1. The molecule has 0 unspecified atom stereocenters. The Balaban J connectivity index is 2.18. The summed E-state index contributed by atoms with van der Waals surface area (Å²) >= 11 is 0. The fraction of sp³-hybridized carbons (Fsp3) is 0.154. The van der Waals surface area contributed by atoms with Crippen molar-refractivity contribution in [1.82, 2.24) is 0 Å². The standard InChI is InChI=1S/C13H12N2O6S/c1-9(16)14-10-2-5-12(6-3-10)22(19,20)8-11-4-7-13(21-11)15(17)18/h2-7H,8H2,1H3,(H,14,16). The Bertz CT molecular complexity index is 807. The number of sulfone groups is 1.